The van der Waals surface area contributed by atoms with Gasteiger partial charge in [0.1, 0.15) is 5.38 Å². The van der Waals surface area contributed by atoms with E-state index in [2.05, 4.69) is 27.9 Å². The number of amides is 1. The summed E-state index contributed by atoms with van der Waals surface area (Å²) in [7, 11) is 0. The minimum absolute atomic E-state index is 0.177. The van der Waals surface area contributed by atoms with Gasteiger partial charge in [-0.3, -0.25) is 4.79 Å². The quantitative estimate of drug-likeness (QED) is 0.660. The lowest BCUT2D eigenvalue weighted by atomic mass is 10.3. The Balaban J connectivity index is 2.69. The Bertz CT molecular complexity index is 314. The Morgan fingerprint density at radius 1 is 1.62 bits per heavy atom. The minimum atomic E-state index is -0.502. The molecule has 0 saturated heterocycles. The van der Waals surface area contributed by atoms with Gasteiger partial charge in [0.2, 0.25) is 5.91 Å². The number of hydrogen-bond donors (Lipinski definition) is 1. The molecule has 0 saturated carbocycles. The summed E-state index contributed by atoms with van der Waals surface area (Å²) in [6.45, 7) is 1.64. The molecule has 0 heterocycles. The van der Waals surface area contributed by atoms with Crippen molar-refractivity contribution < 1.29 is 4.79 Å². The second-order valence-corrected chi connectivity index (χ2v) is 4.52. The molecule has 13 heavy (non-hydrogen) atoms. The van der Waals surface area contributed by atoms with Crippen molar-refractivity contribution in [3.63, 3.8) is 0 Å². The van der Waals surface area contributed by atoms with Crippen molar-refractivity contribution in [1.29, 1.82) is 0 Å². The Hall–Kier alpha value is -0.290. The van der Waals surface area contributed by atoms with E-state index in [4.69, 9.17) is 11.6 Å². The van der Waals surface area contributed by atoms with Crippen LogP contribution in [-0.2, 0) is 4.79 Å². The lowest BCUT2D eigenvalue weighted by molar-refractivity contribution is -0.115. The van der Waals surface area contributed by atoms with Crippen LogP contribution in [0.3, 0.4) is 0 Å². The van der Waals surface area contributed by atoms with Crippen LogP contribution in [0.5, 0.6) is 0 Å². The first-order valence-electron chi connectivity index (χ1n) is 3.80. The summed E-state index contributed by atoms with van der Waals surface area (Å²) >= 11 is 7.79. The zero-order chi connectivity index (χ0) is 9.84. The highest BCUT2D eigenvalue weighted by atomic mass is 127. The lowest BCUT2D eigenvalue weighted by Crippen LogP contribution is -2.20. The molecule has 0 radical (unpaired) electrons. The molecule has 2 nitrogen and oxygen atoms in total. The maximum Gasteiger partial charge on any atom is 0.242 e. The highest BCUT2D eigenvalue weighted by molar-refractivity contribution is 14.1. The van der Waals surface area contributed by atoms with Gasteiger partial charge in [0.15, 0.2) is 0 Å². The standard InChI is InChI=1S/C9H9ClINO/c1-6(10)9(13)12-8-4-2-3-7(11)5-8/h2-6H,1H3,(H,12,13)/t6-/m0/s1. The maximum absolute atomic E-state index is 11.2. The van der Waals surface area contributed by atoms with Crippen LogP contribution in [-0.4, -0.2) is 11.3 Å². The van der Waals surface area contributed by atoms with Crippen molar-refractivity contribution >= 4 is 45.8 Å². The van der Waals surface area contributed by atoms with Crippen molar-refractivity contribution in [2.75, 3.05) is 5.32 Å². The number of hydrogen-bond acceptors (Lipinski definition) is 1. The number of rotatable bonds is 2. The van der Waals surface area contributed by atoms with Crippen LogP contribution in [0.2, 0.25) is 0 Å². The second-order valence-electron chi connectivity index (χ2n) is 2.62. The normalized spacial score (nSPS) is 12.2. The van der Waals surface area contributed by atoms with Crippen molar-refractivity contribution in [1.82, 2.24) is 0 Å². The van der Waals surface area contributed by atoms with E-state index in [1.165, 1.54) is 0 Å². The van der Waals surface area contributed by atoms with Crippen LogP contribution < -0.4 is 5.32 Å². The number of alkyl halides is 1. The molecule has 0 aromatic heterocycles. The lowest BCUT2D eigenvalue weighted by Gasteiger charge is -2.06. The largest absolute Gasteiger partial charge is 0.325 e. The first kappa shape index (κ1) is 10.8. The van der Waals surface area contributed by atoms with Crippen LogP contribution >= 0.6 is 34.2 Å². The van der Waals surface area contributed by atoms with E-state index in [0.717, 1.165) is 9.26 Å². The smallest absolute Gasteiger partial charge is 0.242 e. The summed E-state index contributed by atoms with van der Waals surface area (Å²) in [5, 5.41) is 2.20. The fourth-order valence-corrected chi connectivity index (χ4v) is 1.41. The van der Waals surface area contributed by atoms with E-state index in [1.807, 2.05) is 24.3 Å². The number of halogens is 2. The van der Waals surface area contributed by atoms with E-state index in [0.29, 0.717) is 0 Å². The molecule has 0 aliphatic heterocycles. The Kier molecular flexibility index (Phi) is 3.99. The molecule has 0 aliphatic rings. The summed E-state index contributed by atoms with van der Waals surface area (Å²) in [5.41, 5.74) is 0.782. The molecule has 0 spiro atoms. The molecular formula is C9H9ClINO. The number of benzene rings is 1. The third kappa shape index (κ3) is 3.52. The second kappa shape index (κ2) is 4.81. The van der Waals surface area contributed by atoms with Gasteiger partial charge in [-0.15, -0.1) is 11.6 Å². The number of nitrogens with one attached hydrogen (secondary N) is 1. The van der Waals surface area contributed by atoms with Gasteiger partial charge in [0.05, 0.1) is 0 Å². The summed E-state index contributed by atoms with van der Waals surface area (Å²) in [6, 6.07) is 7.56. The Morgan fingerprint density at radius 3 is 2.85 bits per heavy atom. The predicted octanol–water partition coefficient (Wildman–Crippen LogP) is 2.86. The van der Waals surface area contributed by atoms with E-state index in [1.54, 1.807) is 6.92 Å². The molecular weight excluding hydrogens is 300 g/mol. The number of carbonyl (C=O) groups excluding carboxylic acids is 1. The van der Waals surface area contributed by atoms with Gasteiger partial charge in [0, 0.05) is 9.26 Å². The van der Waals surface area contributed by atoms with E-state index in [9.17, 15) is 4.79 Å². The highest BCUT2D eigenvalue weighted by Crippen LogP contribution is 2.13. The first-order chi connectivity index (χ1) is 6.09. The molecule has 4 heteroatoms. The van der Waals surface area contributed by atoms with Gasteiger partial charge < -0.3 is 5.32 Å². The molecule has 0 bridgehead atoms. The highest BCUT2D eigenvalue weighted by Gasteiger charge is 2.08. The molecule has 1 atom stereocenters. The van der Waals surface area contributed by atoms with Crippen LogP contribution in [0.1, 0.15) is 6.92 Å². The zero-order valence-corrected chi connectivity index (χ0v) is 9.96. The zero-order valence-electron chi connectivity index (χ0n) is 7.05. The van der Waals surface area contributed by atoms with Gasteiger partial charge in [-0.05, 0) is 47.7 Å². The summed E-state index contributed by atoms with van der Waals surface area (Å²) in [6.07, 6.45) is 0. The fraction of sp³-hybridized carbons (Fsp3) is 0.222. The predicted molar refractivity (Wildman–Crippen MR) is 63.1 cm³/mol. The third-order valence-electron chi connectivity index (χ3n) is 1.45. The van der Waals surface area contributed by atoms with Crippen LogP contribution in [0.25, 0.3) is 0 Å². The van der Waals surface area contributed by atoms with Gasteiger partial charge >= 0.3 is 0 Å². The Labute approximate surface area is 95.8 Å². The van der Waals surface area contributed by atoms with Crippen molar-refractivity contribution in [2.45, 2.75) is 12.3 Å². The molecule has 1 amide bonds. The average Bonchev–Trinajstić information content (AvgIpc) is 2.04. The molecule has 1 aromatic carbocycles. The molecule has 70 valence electrons. The van der Waals surface area contributed by atoms with Crippen LogP contribution in [0.15, 0.2) is 24.3 Å². The minimum Gasteiger partial charge on any atom is -0.325 e. The van der Waals surface area contributed by atoms with E-state index in [-0.39, 0.29) is 5.91 Å². The third-order valence-corrected chi connectivity index (χ3v) is 2.32. The van der Waals surface area contributed by atoms with Gasteiger partial charge in [-0.2, -0.15) is 0 Å². The van der Waals surface area contributed by atoms with E-state index < -0.39 is 5.38 Å². The summed E-state index contributed by atoms with van der Waals surface area (Å²) < 4.78 is 1.08. The maximum atomic E-state index is 11.2. The number of anilines is 1. The molecule has 0 aliphatic carbocycles. The average molecular weight is 310 g/mol. The van der Waals surface area contributed by atoms with Gasteiger partial charge in [-0.25, -0.2) is 0 Å². The van der Waals surface area contributed by atoms with Gasteiger partial charge in [-0.1, -0.05) is 6.07 Å². The summed E-state index contributed by atoms with van der Waals surface area (Å²) in [4.78, 5) is 11.2. The molecule has 0 unspecified atom stereocenters. The monoisotopic (exact) mass is 309 g/mol. The molecule has 0 fully saturated rings. The van der Waals surface area contributed by atoms with Crippen LogP contribution in [0, 0.1) is 3.57 Å². The molecule has 1 rings (SSSR count). The van der Waals surface area contributed by atoms with Crippen molar-refractivity contribution in [3.05, 3.63) is 27.8 Å². The van der Waals surface area contributed by atoms with Crippen molar-refractivity contribution in [3.8, 4) is 0 Å². The molecule has 1 N–H and O–H groups in total. The molecule has 1 aromatic rings. The number of carbonyl (C=O) groups is 1. The van der Waals surface area contributed by atoms with Gasteiger partial charge in [0.25, 0.3) is 0 Å². The summed E-state index contributed by atoms with van der Waals surface area (Å²) in [5.74, 6) is -0.177. The SMILES string of the molecule is C[C@H](Cl)C(=O)Nc1cccc(I)c1. The van der Waals surface area contributed by atoms with E-state index >= 15 is 0 Å². The first-order valence-corrected chi connectivity index (χ1v) is 5.31. The topological polar surface area (TPSA) is 29.1 Å². The fourth-order valence-electron chi connectivity index (χ4n) is 0.808. The Morgan fingerprint density at radius 2 is 2.31 bits per heavy atom. The van der Waals surface area contributed by atoms with Crippen LogP contribution in [0.4, 0.5) is 5.69 Å². The van der Waals surface area contributed by atoms with Crippen molar-refractivity contribution in [2.24, 2.45) is 0 Å².